The second kappa shape index (κ2) is 5.03. The van der Waals surface area contributed by atoms with Gasteiger partial charge in [-0.25, -0.2) is 9.78 Å². The first-order chi connectivity index (χ1) is 9.87. The van der Waals surface area contributed by atoms with Crippen molar-refractivity contribution in [3.05, 3.63) is 22.8 Å². The number of nitrogens with zero attached hydrogens (tertiary/aromatic N) is 1. The second-order valence-corrected chi connectivity index (χ2v) is 6.53. The molecule has 0 bridgehead atoms. The number of rotatable bonds is 4. The van der Waals surface area contributed by atoms with Gasteiger partial charge in [0.1, 0.15) is 11.3 Å². The number of carbonyl (C=O) groups is 1. The number of nitrogens with one attached hydrogen (secondary N) is 2. The van der Waals surface area contributed by atoms with E-state index in [4.69, 9.17) is 21.4 Å². The Bertz CT molecular complexity index is 569. The van der Waals surface area contributed by atoms with Crippen LogP contribution in [-0.2, 0) is 5.54 Å². The number of piperidine rings is 1. The molecule has 1 amide bonds. The minimum absolute atomic E-state index is 0.195. The van der Waals surface area contributed by atoms with Crippen molar-refractivity contribution in [2.45, 2.75) is 25.5 Å². The van der Waals surface area contributed by atoms with Gasteiger partial charge in [0.15, 0.2) is 0 Å². The van der Waals surface area contributed by atoms with Crippen LogP contribution in [0.4, 0.5) is 4.79 Å². The second-order valence-electron chi connectivity index (χ2n) is 6.14. The first-order valence-electron chi connectivity index (χ1n) is 6.93. The van der Waals surface area contributed by atoms with E-state index in [1.807, 2.05) is 0 Å². The van der Waals surface area contributed by atoms with Crippen LogP contribution in [-0.4, -0.2) is 35.4 Å². The Morgan fingerprint density at radius 1 is 1.48 bits per heavy atom. The summed E-state index contributed by atoms with van der Waals surface area (Å²) in [5.74, 6) is 1.57. The van der Waals surface area contributed by atoms with E-state index in [0.717, 1.165) is 18.7 Å². The molecule has 3 rings (SSSR count). The molecule has 2 fully saturated rings. The SMILES string of the molecule is CC(C)(NC(=O)O)c1cc(Cl)nc(O[C@@H]2[C@@H]3CNC[C@@H]32)c1. The van der Waals surface area contributed by atoms with Gasteiger partial charge in [-0.3, -0.25) is 0 Å². The summed E-state index contributed by atoms with van der Waals surface area (Å²) in [6, 6.07) is 3.41. The molecule has 3 N–H and O–H groups in total. The van der Waals surface area contributed by atoms with Gasteiger partial charge >= 0.3 is 6.09 Å². The molecule has 1 aliphatic heterocycles. The van der Waals surface area contributed by atoms with Crippen LogP contribution in [0.2, 0.25) is 5.15 Å². The van der Waals surface area contributed by atoms with Gasteiger partial charge < -0.3 is 20.5 Å². The predicted molar refractivity (Wildman–Crippen MR) is 77.7 cm³/mol. The minimum Gasteiger partial charge on any atom is -0.474 e. The maximum Gasteiger partial charge on any atom is 0.405 e. The lowest BCUT2D eigenvalue weighted by atomic mass is 9.95. The summed E-state index contributed by atoms with van der Waals surface area (Å²) in [5, 5.41) is 15.0. The van der Waals surface area contributed by atoms with Crippen LogP contribution in [0, 0.1) is 11.8 Å². The Morgan fingerprint density at radius 3 is 2.76 bits per heavy atom. The third-order valence-corrected chi connectivity index (χ3v) is 4.38. The molecular weight excluding hydrogens is 294 g/mol. The van der Waals surface area contributed by atoms with Crippen molar-refractivity contribution in [1.29, 1.82) is 0 Å². The van der Waals surface area contributed by atoms with E-state index in [0.29, 0.717) is 22.9 Å². The van der Waals surface area contributed by atoms with E-state index in [1.165, 1.54) is 0 Å². The molecule has 0 radical (unpaired) electrons. The number of halogens is 1. The molecule has 2 heterocycles. The molecule has 1 saturated carbocycles. The topological polar surface area (TPSA) is 83.5 Å². The average molecular weight is 312 g/mol. The quantitative estimate of drug-likeness (QED) is 0.739. The molecule has 21 heavy (non-hydrogen) atoms. The fourth-order valence-corrected chi connectivity index (χ4v) is 3.11. The zero-order chi connectivity index (χ0) is 15.2. The number of fused-ring (bicyclic) bond motifs is 1. The molecule has 1 aliphatic carbocycles. The van der Waals surface area contributed by atoms with Gasteiger partial charge in [0.05, 0.1) is 5.54 Å². The average Bonchev–Trinajstić information content (AvgIpc) is 2.82. The van der Waals surface area contributed by atoms with Gasteiger partial charge in [0.25, 0.3) is 0 Å². The molecule has 3 atom stereocenters. The Morgan fingerprint density at radius 2 is 2.14 bits per heavy atom. The van der Waals surface area contributed by atoms with E-state index in [9.17, 15) is 4.79 Å². The number of ether oxygens (including phenoxy) is 1. The zero-order valence-corrected chi connectivity index (χ0v) is 12.6. The fraction of sp³-hybridized carbons (Fsp3) is 0.571. The van der Waals surface area contributed by atoms with Crippen LogP contribution >= 0.6 is 11.6 Å². The molecule has 0 spiro atoms. The number of hydrogen-bond donors (Lipinski definition) is 3. The highest BCUT2D eigenvalue weighted by Crippen LogP contribution is 2.44. The monoisotopic (exact) mass is 311 g/mol. The van der Waals surface area contributed by atoms with Crippen molar-refractivity contribution in [2.75, 3.05) is 13.1 Å². The standard InChI is InChI=1S/C14H18ClN3O3/c1-14(2,18-13(19)20)7-3-10(15)17-11(4-7)21-12-8-5-16-6-9(8)12/h3-4,8-9,12,16,18H,5-6H2,1-2H3,(H,19,20)/t8-,9+,12-. The van der Waals surface area contributed by atoms with Crippen molar-refractivity contribution in [2.24, 2.45) is 11.8 Å². The van der Waals surface area contributed by atoms with Gasteiger partial charge in [-0.05, 0) is 25.5 Å². The Labute approximate surface area is 127 Å². The lowest BCUT2D eigenvalue weighted by Crippen LogP contribution is -2.40. The van der Waals surface area contributed by atoms with Crippen molar-refractivity contribution in [1.82, 2.24) is 15.6 Å². The van der Waals surface area contributed by atoms with Crippen LogP contribution in [0.25, 0.3) is 0 Å². The third kappa shape index (κ3) is 2.91. The molecule has 0 unspecified atom stereocenters. The molecule has 6 nitrogen and oxygen atoms in total. The first kappa shape index (κ1) is 14.4. The van der Waals surface area contributed by atoms with E-state index in [1.54, 1.807) is 26.0 Å². The summed E-state index contributed by atoms with van der Waals surface area (Å²) in [7, 11) is 0. The largest absolute Gasteiger partial charge is 0.474 e. The summed E-state index contributed by atoms with van der Waals surface area (Å²) in [6.07, 6.45) is -0.890. The van der Waals surface area contributed by atoms with Gasteiger partial charge in [-0.2, -0.15) is 0 Å². The van der Waals surface area contributed by atoms with Crippen LogP contribution in [0.15, 0.2) is 12.1 Å². The van der Waals surface area contributed by atoms with Gasteiger partial charge in [0, 0.05) is 31.0 Å². The lowest BCUT2D eigenvalue weighted by molar-refractivity contribution is 0.182. The van der Waals surface area contributed by atoms with E-state index in [2.05, 4.69) is 15.6 Å². The maximum atomic E-state index is 10.9. The summed E-state index contributed by atoms with van der Waals surface area (Å²) < 4.78 is 5.90. The molecular formula is C14H18ClN3O3. The fourth-order valence-electron chi connectivity index (χ4n) is 2.91. The number of hydrogen-bond acceptors (Lipinski definition) is 4. The summed E-state index contributed by atoms with van der Waals surface area (Å²) in [5.41, 5.74) is -0.0406. The van der Waals surface area contributed by atoms with Crippen LogP contribution in [0.3, 0.4) is 0 Å². The molecule has 1 saturated heterocycles. The number of carboxylic acid groups (broad SMARTS) is 1. The molecule has 2 aliphatic rings. The highest BCUT2D eigenvalue weighted by Gasteiger charge is 2.55. The number of pyridine rings is 1. The van der Waals surface area contributed by atoms with Crippen LogP contribution in [0.5, 0.6) is 5.88 Å². The predicted octanol–water partition coefficient (Wildman–Crippen LogP) is 1.83. The normalized spacial score (nSPS) is 27.1. The Kier molecular flexibility index (Phi) is 3.45. The molecule has 0 aromatic carbocycles. The van der Waals surface area contributed by atoms with Crippen LogP contribution < -0.4 is 15.4 Å². The van der Waals surface area contributed by atoms with E-state index in [-0.39, 0.29) is 6.10 Å². The van der Waals surface area contributed by atoms with Crippen LogP contribution in [0.1, 0.15) is 19.4 Å². The van der Waals surface area contributed by atoms with Gasteiger partial charge in [0.2, 0.25) is 5.88 Å². The van der Waals surface area contributed by atoms with Crippen molar-refractivity contribution in [3.8, 4) is 5.88 Å². The lowest BCUT2D eigenvalue weighted by Gasteiger charge is -2.25. The number of amides is 1. The van der Waals surface area contributed by atoms with E-state index >= 15 is 0 Å². The zero-order valence-electron chi connectivity index (χ0n) is 11.9. The molecule has 7 heteroatoms. The van der Waals surface area contributed by atoms with E-state index < -0.39 is 11.6 Å². The molecule has 1 aromatic rings. The highest BCUT2D eigenvalue weighted by atomic mass is 35.5. The summed E-state index contributed by atoms with van der Waals surface area (Å²) in [6.45, 7) is 5.50. The smallest absolute Gasteiger partial charge is 0.405 e. The Balaban J connectivity index is 1.78. The van der Waals surface area contributed by atoms with Crippen molar-refractivity contribution >= 4 is 17.7 Å². The van der Waals surface area contributed by atoms with Crippen molar-refractivity contribution < 1.29 is 14.6 Å². The first-order valence-corrected chi connectivity index (χ1v) is 7.31. The van der Waals surface area contributed by atoms with Gasteiger partial charge in [-0.1, -0.05) is 11.6 Å². The summed E-state index contributed by atoms with van der Waals surface area (Å²) >= 11 is 6.04. The highest BCUT2D eigenvalue weighted by molar-refractivity contribution is 6.29. The maximum absolute atomic E-state index is 10.9. The Hall–Kier alpha value is -1.53. The third-order valence-electron chi connectivity index (χ3n) is 4.18. The number of aromatic nitrogens is 1. The van der Waals surface area contributed by atoms with Gasteiger partial charge in [-0.15, -0.1) is 0 Å². The van der Waals surface area contributed by atoms with Crippen molar-refractivity contribution in [3.63, 3.8) is 0 Å². The molecule has 114 valence electrons. The minimum atomic E-state index is -1.08. The molecule has 1 aromatic heterocycles. The summed E-state index contributed by atoms with van der Waals surface area (Å²) in [4.78, 5) is 15.1.